The van der Waals surface area contributed by atoms with Crippen molar-refractivity contribution in [3.8, 4) is 0 Å². The molecule has 7 heteroatoms. The molecule has 1 aliphatic rings. The fourth-order valence-corrected chi connectivity index (χ4v) is 3.45. The molecule has 0 aromatic heterocycles. The molecule has 0 aliphatic carbocycles. The largest absolute Gasteiger partial charge is 0.463 e. The van der Waals surface area contributed by atoms with Crippen molar-refractivity contribution in [3.05, 3.63) is 57.4 Å². The van der Waals surface area contributed by atoms with E-state index in [1.807, 2.05) is 12.1 Å². The summed E-state index contributed by atoms with van der Waals surface area (Å²) < 4.78 is 10.8. The average molecular weight is 393 g/mol. The highest BCUT2D eigenvalue weighted by atomic mass is 35.5. The molecule has 0 spiro atoms. The maximum Gasteiger partial charge on any atom is 0.336 e. The van der Waals surface area contributed by atoms with Crippen LogP contribution in [0.4, 0.5) is 0 Å². The van der Waals surface area contributed by atoms with Crippen LogP contribution in [-0.2, 0) is 19.1 Å². The van der Waals surface area contributed by atoms with Crippen molar-refractivity contribution < 1.29 is 19.1 Å². The number of rotatable bonds is 8. The van der Waals surface area contributed by atoms with Gasteiger partial charge in [0, 0.05) is 28.8 Å². The zero-order chi connectivity index (χ0) is 20.0. The second-order valence-electron chi connectivity index (χ2n) is 6.13. The first-order chi connectivity index (χ1) is 12.9. The molecular weight excluding hydrogens is 368 g/mol. The van der Waals surface area contributed by atoms with Gasteiger partial charge in [0.25, 0.3) is 0 Å². The number of dihydropyridines is 1. The van der Waals surface area contributed by atoms with Gasteiger partial charge in [-0.25, -0.2) is 4.79 Å². The van der Waals surface area contributed by atoms with Crippen molar-refractivity contribution in [1.29, 1.82) is 0 Å². The van der Waals surface area contributed by atoms with Crippen LogP contribution in [0.2, 0.25) is 5.02 Å². The summed E-state index contributed by atoms with van der Waals surface area (Å²) in [6, 6.07) is 7.17. The van der Waals surface area contributed by atoms with Gasteiger partial charge in [0.05, 0.1) is 31.1 Å². The van der Waals surface area contributed by atoms with E-state index >= 15 is 0 Å². The van der Waals surface area contributed by atoms with E-state index in [-0.39, 0.29) is 19.0 Å². The lowest BCUT2D eigenvalue weighted by molar-refractivity contribution is -0.138. The molecule has 146 valence electrons. The molecule has 0 bridgehead atoms. The molecular formula is C20H25ClN2O4. The SMILES string of the molecule is CCOC(=O)C1=C(COCCN)NC(C)=C(C(C)=O)[C@@H]1c1ccccc1Cl. The second kappa shape index (κ2) is 9.69. The molecule has 1 aromatic rings. The summed E-state index contributed by atoms with van der Waals surface area (Å²) in [5, 5.41) is 3.62. The van der Waals surface area contributed by atoms with Crippen LogP contribution in [0, 0.1) is 0 Å². The van der Waals surface area contributed by atoms with Crippen LogP contribution in [0.5, 0.6) is 0 Å². The summed E-state index contributed by atoms with van der Waals surface area (Å²) in [6.07, 6.45) is 0. The van der Waals surface area contributed by atoms with E-state index in [0.717, 1.165) is 0 Å². The zero-order valence-corrected chi connectivity index (χ0v) is 16.6. The third kappa shape index (κ3) is 4.77. The molecule has 27 heavy (non-hydrogen) atoms. The number of esters is 1. The molecule has 3 N–H and O–H groups in total. The first-order valence-corrected chi connectivity index (χ1v) is 9.21. The number of carbonyl (C=O) groups is 2. The van der Waals surface area contributed by atoms with Crippen LogP contribution in [-0.4, -0.2) is 38.1 Å². The lowest BCUT2D eigenvalue weighted by Gasteiger charge is -2.32. The Labute approximate surface area is 164 Å². The van der Waals surface area contributed by atoms with Crippen molar-refractivity contribution in [2.75, 3.05) is 26.4 Å². The Balaban J connectivity index is 2.65. The maximum atomic E-state index is 12.8. The summed E-state index contributed by atoms with van der Waals surface area (Å²) in [5.74, 6) is -1.28. The molecule has 1 aromatic carbocycles. The molecule has 1 heterocycles. The minimum absolute atomic E-state index is 0.145. The number of ether oxygens (including phenoxy) is 2. The monoisotopic (exact) mass is 392 g/mol. The van der Waals surface area contributed by atoms with Gasteiger partial charge in [-0.05, 0) is 32.4 Å². The van der Waals surface area contributed by atoms with E-state index in [1.54, 1.807) is 26.0 Å². The van der Waals surface area contributed by atoms with Crippen molar-refractivity contribution >= 4 is 23.4 Å². The van der Waals surface area contributed by atoms with Crippen LogP contribution in [0.25, 0.3) is 0 Å². The Morgan fingerprint density at radius 3 is 2.56 bits per heavy atom. The molecule has 0 saturated carbocycles. The second-order valence-corrected chi connectivity index (χ2v) is 6.54. The van der Waals surface area contributed by atoms with Crippen molar-refractivity contribution in [1.82, 2.24) is 5.32 Å². The van der Waals surface area contributed by atoms with Gasteiger partial charge >= 0.3 is 5.97 Å². The van der Waals surface area contributed by atoms with Crippen LogP contribution < -0.4 is 11.1 Å². The predicted octanol–water partition coefficient (Wildman–Crippen LogP) is 2.68. The van der Waals surface area contributed by atoms with Gasteiger partial charge in [0.15, 0.2) is 5.78 Å². The smallest absolute Gasteiger partial charge is 0.336 e. The Morgan fingerprint density at radius 2 is 1.96 bits per heavy atom. The van der Waals surface area contributed by atoms with Crippen molar-refractivity contribution in [2.45, 2.75) is 26.7 Å². The van der Waals surface area contributed by atoms with Gasteiger partial charge in [-0.15, -0.1) is 0 Å². The summed E-state index contributed by atoms with van der Waals surface area (Å²) in [4.78, 5) is 25.3. The molecule has 0 amide bonds. The quantitative estimate of drug-likeness (QED) is 0.522. The molecule has 1 aliphatic heterocycles. The zero-order valence-electron chi connectivity index (χ0n) is 15.8. The number of hydrogen-bond donors (Lipinski definition) is 2. The van der Waals surface area contributed by atoms with Gasteiger partial charge in [0.2, 0.25) is 0 Å². The Hall–Kier alpha value is -2.15. The van der Waals surface area contributed by atoms with Crippen molar-refractivity contribution in [2.24, 2.45) is 5.73 Å². The molecule has 0 unspecified atom stereocenters. The molecule has 1 atom stereocenters. The van der Waals surface area contributed by atoms with E-state index in [9.17, 15) is 9.59 Å². The van der Waals surface area contributed by atoms with Crippen LogP contribution in [0.3, 0.4) is 0 Å². The molecule has 0 fully saturated rings. The van der Waals surface area contributed by atoms with Gasteiger partial charge in [-0.1, -0.05) is 29.8 Å². The normalized spacial score (nSPS) is 17.0. The Morgan fingerprint density at radius 1 is 1.26 bits per heavy atom. The van der Waals surface area contributed by atoms with Crippen molar-refractivity contribution in [3.63, 3.8) is 0 Å². The van der Waals surface area contributed by atoms with Crippen LogP contribution in [0.1, 0.15) is 32.3 Å². The molecule has 6 nitrogen and oxygen atoms in total. The van der Waals surface area contributed by atoms with E-state index in [4.69, 9.17) is 26.8 Å². The number of hydrogen-bond acceptors (Lipinski definition) is 6. The first kappa shape index (κ1) is 21.2. The van der Waals surface area contributed by atoms with Gasteiger partial charge in [-0.2, -0.15) is 0 Å². The lowest BCUT2D eigenvalue weighted by Crippen LogP contribution is -2.34. The Bertz CT molecular complexity index is 786. The summed E-state index contributed by atoms with van der Waals surface area (Å²) in [5.41, 5.74) is 8.18. The maximum absolute atomic E-state index is 12.8. The van der Waals surface area contributed by atoms with E-state index < -0.39 is 11.9 Å². The number of allylic oxidation sites excluding steroid dienone is 2. The van der Waals surface area contributed by atoms with Gasteiger partial charge < -0.3 is 20.5 Å². The fraction of sp³-hybridized carbons (Fsp3) is 0.400. The standard InChI is InChI=1S/C20H25ClN2O4/c1-4-27-20(25)19-16(11-26-10-9-22)23-12(2)17(13(3)24)18(19)14-7-5-6-8-15(14)21/h5-8,18,23H,4,9-11,22H2,1-3H3/t18-/m0/s1. The van der Waals surface area contributed by atoms with Crippen LogP contribution >= 0.6 is 11.6 Å². The number of Topliss-reactive ketones (excluding diaryl/α,β-unsaturated/α-hetero) is 1. The highest BCUT2D eigenvalue weighted by Crippen LogP contribution is 2.41. The lowest BCUT2D eigenvalue weighted by atomic mass is 9.79. The highest BCUT2D eigenvalue weighted by Gasteiger charge is 2.37. The third-order valence-electron chi connectivity index (χ3n) is 4.24. The highest BCUT2D eigenvalue weighted by molar-refractivity contribution is 6.31. The number of nitrogens with two attached hydrogens (primary N) is 1. The number of halogens is 1. The number of benzene rings is 1. The number of ketones is 1. The van der Waals surface area contributed by atoms with E-state index in [1.165, 1.54) is 6.92 Å². The average Bonchev–Trinajstić information content (AvgIpc) is 2.61. The summed E-state index contributed by atoms with van der Waals surface area (Å²) >= 11 is 6.42. The van der Waals surface area contributed by atoms with Gasteiger partial charge in [-0.3, -0.25) is 4.79 Å². The molecule has 0 saturated heterocycles. The van der Waals surface area contributed by atoms with Crippen LogP contribution in [0.15, 0.2) is 46.8 Å². The predicted molar refractivity (Wildman–Crippen MR) is 104 cm³/mol. The summed E-state index contributed by atoms with van der Waals surface area (Å²) in [6.45, 7) is 6.08. The molecule has 2 rings (SSSR count). The minimum Gasteiger partial charge on any atom is -0.463 e. The first-order valence-electron chi connectivity index (χ1n) is 8.83. The number of nitrogens with one attached hydrogen (secondary N) is 1. The molecule has 0 radical (unpaired) electrons. The fourth-order valence-electron chi connectivity index (χ4n) is 3.20. The van der Waals surface area contributed by atoms with E-state index in [0.29, 0.717) is 46.3 Å². The minimum atomic E-state index is -0.632. The Kier molecular flexibility index (Phi) is 7.59. The van der Waals surface area contributed by atoms with E-state index in [2.05, 4.69) is 5.32 Å². The third-order valence-corrected chi connectivity index (χ3v) is 4.59. The van der Waals surface area contributed by atoms with Gasteiger partial charge in [0.1, 0.15) is 0 Å². The number of carbonyl (C=O) groups excluding carboxylic acids is 2. The topological polar surface area (TPSA) is 90.7 Å². The summed E-state index contributed by atoms with van der Waals surface area (Å²) in [7, 11) is 0.